The molecule has 3 aromatic carbocycles. The summed E-state index contributed by atoms with van der Waals surface area (Å²) < 4.78 is 28.5. The minimum atomic E-state index is -3.63. The third-order valence-corrected chi connectivity index (χ3v) is 7.02. The van der Waals surface area contributed by atoms with Gasteiger partial charge < -0.3 is 5.32 Å². The number of anilines is 1. The highest BCUT2D eigenvalue weighted by Crippen LogP contribution is 2.39. The molecule has 1 aliphatic heterocycles. The van der Waals surface area contributed by atoms with E-state index in [1.54, 1.807) is 16.4 Å². The normalized spacial score (nSPS) is 18.5. The zero-order chi connectivity index (χ0) is 19.7. The second-order valence-electron chi connectivity index (χ2n) is 7.40. The number of fused-ring (bicyclic) bond motifs is 1. The molecular weight excluding hydrogens is 368 g/mol. The maximum Gasteiger partial charge on any atom is 0.247 e. The Labute approximate surface area is 166 Å². The van der Waals surface area contributed by atoms with E-state index in [1.807, 2.05) is 54.6 Å². The molecule has 0 saturated heterocycles. The average Bonchev–Trinajstić information content (AvgIpc) is 2.71. The van der Waals surface area contributed by atoms with E-state index in [0.717, 1.165) is 11.1 Å². The second kappa shape index (κ2) is 7.41. The molecule has 4 nitrogen and oxygen atoms in total. The number of nitrogens with zero attached hydrogens (tertiary/aromatic N) is 1. The predicted octanol–water partition coefficient (Wildman–Crippen LogP) is 5.13. The molecule has 144 valence electrons. The van der Waals surface area contributed by atoms with E-state index in [0.29, 0.717) is 23.0 Å². The Hall–Kier alpha value is -2.63. The Kier molecular flexibility index (Phi) is 4.96. The van der Waals surface area contributed by atoms with Gasteiger partial charge in [0.25, 0.3) is 0 Å². The quantitative estimate of drug-likeness (QED) is 0.670. The van der Waals surface area contributed by atoms with E-state index in [9.17, 15) is 8.42 Å². The first-order chi connectivity index (χ1) is 13.5. The first-order valence-corrected chi connectivity index (χ1v) is 10.9. The SMILES string of the molecule is CC(C)c1ccc([C@@H]2Nc3ccccc3S(=O)(=O)N2Cc2ccccc2)cc1. The van der Waals surface area contributed by atoms with Gasteiger partial charge in [0.15, 0.2) is 0 Å². The lowest BCUT2D eigenvalue weighted by molar-refractivity contribution is 0.336. The minimum absolute atomic E-state index is 0.307. The van der Waals surface area contributed by atoms with Gasteiger partial charge in [-0.1, -0.05) is 80.6 Å². The first kappa shape index (κ1) is 18.7. The van der Waals surface area contributed by atoms with Crippen LogP contribution in [0.25, 0.3) is 0 Å². The molecule has 4 rings (SSSR count). The van der Waals surface area contributed by atoms with Crippen molar-refractivity contribution in [1.29, 1.82) is 0 Å². The fourth-order valence-electron chi connectivity index (χ4n) is 3.55. The molecule has 1 aliphatic rings. The summed E-state index contributed by atoms with van der Waals surface area (Å²) in [5.41, 5.74) is 3.76. The van der Waals surface area contributed by atoms with Crippen molar-refractivity contribution in [3.05, 3.63) is 95.6 Å². The molecule has 0 bridgehead atoms. The van der Waals surface area contributed by atoms with Gasteiger partial charge in [-0.15, -0.1) is 0 Å². The van der Waals surface area contributed by atoms with E-state index in [2.05, 4.69) is 31.3 Å². The Morgan fingerprint density at radius 1 is 0.893 bits per heavy atom. The monoisotopic (exact) mass is 392 g/mol. The van der Waals surface area contributed by atoms with E-state index in [-0.39, 0.29) is 0 Å². The van der Waals surface area contributed by atoms with E-state index in [4.69, 9.17) is 0 Å². The van der Waals surface area contributed by atoms with Gasteiger partial charge in [-0.3, -0.25) is 0 Å². The summed E-state index contributed by atoms with van der Waals surface area (Å²) in [5.74, 6) is 0.429. The number of hydrogen-bond acceptors (Lipinski definition) is 3. The lowest BCUT2D eigenvalue weighted by Gasteiger charge is -2.37. The Morgan fingerprint density at radius 2 is 1.54 bits per heavy atom. The number of nitrogens with one attached hydrogen (secondary N) is 1. The van der Waals surface area contributed by atoms with Crippen molar-refractivity contribution >= 4 is 15.7 Å². The van der Waals surface area contributed by atoms with Crippen LogP contribution in [-0.2, 0) is 16.6 Å². The highest BCUT2D eigenvalue weighted by Gasteiger charge is 2.38. The number of para-hydroxylation sites is 1. The molecule has 1 atom stereocenters. The molecule has 1 N–H and O–H groups in total. The van der Waals surface area contributed by atoms with Gasteiger partial charge in [-0.05, 0) is 34.7 Å². The smallest absolute Gasteiger partial charge is 0.247 e. The fourth-order valence-corrected chi connectivity index (χ4v) is 5.23. The molecule has 5 heteroatoms. The van der Waals surface area contributed by atoms with Gasteiger partial charge in [0.2, 0.25) is 10.0 Å². The lowest BCUT2D eigenvalue weighted by Crippen LogP contribution is -2.42. The summed E-state index contributed by atoms with van der Waals surface area (Å²) in [6.07, 6.45) is -0.457. The molecule has 0 amide bonds. The van der Waals surface area contributed by atoms with Gasteiger partial charge in [0.05, 0.1) is 5.69 Å². The maximum atomic E-state index is 13.5. The van der Waals surface area contributed by atoms with E-state index in [1.165, 1.54) is 5.56 Å². The molecule has 0 saturated carbocycles. The van der Waals surface area contributed by atoms with Crippen LogP contribution in [0.15, 0.2) is 83.8 Å². The summed E-state index contributed by atoms with van der Waals surface area (Å²) >= 11 is 0. The highest BCUT2D eigenvalue weighted by molar-refractivity contribution is 7.89. The van der Waals surface area contributed by atoms with Crippen molar-refractivity contribution < 1.29 is 8.42 Å². The topological polar surface area (TPSA) is 49.4 Å². The third-order valence-electron chi connectivity index (χ3n) is 5.15. The molecule has 0 radical (unpaired) electrons. The molecule has 0 spiro atoms. The Balaban J connectivity index is 1.80. The van der Waals surface area contributed by atoms with Crippen molar-refractivity contribution in [2.45, 2.75) is 37.4 Å². The van der Waals surface area contributed by atoms with Crippen molar-refractivity contribution in [1.82, 2.24) is 4.31 Å². The summed E-state index contributed by atoms with van der Waals surface area (Å²) in [6.45, 7) is 4.60. The van der Waals surface area contributed by atoms with Crippen molar-refractivity contribution in [2.24, 2.45) is 0 Å². The van der Waals surface area contributed by atoms with Crippen LogP contribution in [0, 0.1) is 0 Å². The zero-order valence-electron chi connectivity index (χ0n) is 16.0. The van der Waals surface area contributed by atoms with Crippen LogP contribution in [-0.4, -0.2) is 12.7 Å². The lowest BCUT2D eigenvalue weighted by atomic mass is 10.0. The number of sulfonamides is 1. The fraction of sp³-hybridized carbons (Fsp3) is 0.217. The standard InChI is InChI=1S/C23H24N2O2S/c1-17(2)19-12-14-20(15-13-19)23-24-21-10-6-7-11-22(21)28(26,27)25(23)16-18-8-4-3-5-9-18/h3-15,17,23-24H,16H2,1-2H3/t23-/m1/s1. The van der Waals surface area contributed by atoms with Crippen LogP contribution >= 0.6 is 0 Å². The number of benzene rings is 3. The average molecular weight is 393 g/mol. The van der Waals surface area contributed by atoms with Crippen molar-refractivity contribution in [2.75, 3.05) is 5.32 Å². The van der Waals surface area contributed by atoms with E-state index >= 15 is 0 Å². The molecule has 0 unspecified atom stereocenters. The Bertz CT molecular complexity index is 1060. The molecule has 0 fully saturated rings. The summed E-state index contributed by atoms with van der Waals surface area (Å²) in [4.78, 5) is 0.320. The summed E-state index contributed by atoms with van der Waals surface area (Å²) in [5, 5.41) is 3.43. The molecule has 1 heterocycles. The zero-order valence-corrected chi connectivity index (χ0v) is 16.9. The molecule has 3 aromatic rings. The minimum Gasteiger partial charge on any atom is -0.364 e. The van der Waals surface area contributed by atoms with Gasteiger partial charge in [0, 0.05) is 6.54 Å². The van der Waals surface area contributed by atoms with Crippen molar-refractivity contribution in [3.63, 3.8) is 0 Å². The number of hydrogen-bond donors (Lipinski definition) is 1. The van der Waals surface area contributed by atoms with Gasteiger partial charge in [0.1, 0.15) is 11.1 Å². The maximum absolute atomic E-state index is 13.5. The van der Waals surface area contributed by atoms with Crippen LogP contribution in [0.4, 0.5) is 5.69 Å². The Morgan fingerprint density at radius 3 is 2.21 bits per heavy atom. The van der Waals surface area contributed by atoms with Gasteiger partial charge in [-0.2, -0.15) is 4.31 Å². The van der Waals surface area contributed by atoms with Gasteiger partial charge >= 0.3 is 0 Å². The van der Waals surface area contributed by atoms with Crippen LogP contribution in [0.3, 0.4) is 0 Å². The molecule has 28 heavy (non-hydrogen) atoms. The first-order valence-electron chi connectivity index (χ1n) is 9.48. The van der Waals surface area contributed by atoms with Crippen LogP contribution in [0.1, 0.15) is 42.6 Å². The van der Waals surface area contributed by atoms with Crippen LogP contribution in [0.5, 0.6) is 0 Å². The summed E-state index contributed by atoms with van der Waals surface area (Å²) in [6, 6.07) is 25.0. The van der Waals surface area contributed by atoms with Gasteiger partial charge in [-0.25, -0.2) is 8.42 Å². The van der Waals surface area contributed by atoms with E-state index < -0.39 is 16.2 Å². The number of rotatable bonds is 4. The summed E-state index contributed by atoms with van der Waals surface area (Å²) in [7, 11) is -3.63. The highest BCUT2D eigenvalue weighted by atomic mass is 32.2. The molecule has 0 aliphatic carbocycles. The molecular formula is C23H24N2O2S. The third kappa shape index (κ3) is 3.43. The van der Waals surface area contributed by atoms with Crippen LogP contribution < -0.4 is 5.32 Å². The molecule has 0 aromatic heterocycles. The van der Waals surface area contributed by atoms with Crippen LogP contribution in [0.2, 0.25) is 0 Å². The van der Waals surface area contributed by atoms with Crippen molar-refractivity contribution in [3.8, 4) is 0 Å². The largest absolute Gasteiger partial charge is 0.364 e. The second-order valence-corrected chi connectivity index (χ2v) is 9.26. The predicted molar refractivity (Wildman–Crippen MR) is 113 cm³/mol.